The number of nitrogens with one attached hydrogen (secondary N) is 1. The van der Waals surface area contributed by atoms with Crippen molar-refractivity contribution >= 4 is 23.3 Å². The van der Waals surface area contributed by atoms with Crippen LogP contribution in [0.25, 0.3) is 10.9 Å². The molecule has 5 heteroatoms. The SMILES string of the molecule is Cc1ccc2ccc(OC(c3ccc(C#N)cc3)C3CCCNCC3)cc2n1.Cl. The monoisotopic (exact) mass is 407 g/mol. The highest BCUT2D eigenvalue weighted by Gasteiger charge is 2.26. The molecule has 1 saturated heterocycles. The first-order valence-corrected chi connectivity index (χ1v) is 9.98. The molecule has 2 heterocycles. The topological polar surface area (TPSA) is 57.9 Å². The second-order valence-electron chi connectivity index (χ2n) is 7.52. The van der Waals surface area contributed by atoms with Gasteiger partial charge < -0.3 is 10.1 Å². The van der Waals surface area contributed by atoms with Gasteiger partial charge in [-0.15, -0.1) is 12.4 Å². The summed E-state index contributed by atoms with van der Waals surface area (Å²) < 4.78 is 6.57. The Balaban J connectivity index is 0.00000240. The zero-order valence-electron chi connectivity index (χ0n) is 16.6. The lowest BCUT2D eigenvalue weighted by Gasteiger charge is -2.27. The molecule has 4 rings (SSSR count). The summed E-state index contributed by atoms with van der Waals surface area (Å²) in [6, 6.07) is 20.3. The van der Waals surface area contributed by atoms with Crippen LogP contribution in [0.5, 0.6) is 5.75 Å². The third kappa shape index (κ3) is 5.06. The predicted octanol–water partition coefficient (Wildman–Crippen LogP) is 5.35. The van der Waals surface area contributed by atoms with Crippen molar-refractivity contribution < 1.29 is 4.74 Å². The van der Waals surface area contributed by atoms with Crippen LogP contribution in [-0.2, 0) is 0 Å². The number of nitriles is 1. The largest absolute Gasteiger partial charge is 0.485 e. The number of pyridine rings is 1. The van der Waals surface area contributed by atoms with Gasteiger partial charge in [-0.2, -0.15) is 5.26 Å². The number of aromatic nitrogens is 1. The number of nitrogens with zero attached hydrogens (tertiary/aromatic N) is 2. The summed E-state index contributed by atoms with van der Waals surface area (Å²) in [5, 5.41) is 13.7. The number of aryl methyl sites for hydroxylation is 1. The molecular formula is C24H26ClN3O. The van der Waals surface area contributed by atoms with Crippen LogP contribution in [0.4, 0.5) is 0 Å². The van der Waals surface area contributed by atoms with Gasteiger partial charge in [-0.1, -0.05) is 18.2 Å². The smallest absolute Gasteiger partial charge is 0.127 e. The fourth-order valence-corrected chi connectivity index (χ4v) is 3.95. The Morgan fingerprint density at radius 2 is 1.86 bits per heavy atom. The quantitative estimate of drug-likeness (QED) is 0.633. The molecule has 0 spiro atoms. The van der Waals surface area contributed by atoms with E-state index in [4.69, 9.17) is 10.00 Å². The van der Waals surface area contributed by atoms with E-state index in [0.29, 0.717) is 11.5 Å². The lowest BCUT2D eigenvalue weighted by molar-refractivity contribution is 0.126. The lowest BCUT2D eigenvalue weighted by Crippen LogP contribution is -2.21. The molecule has 1 aliphatic heterocycles. The molecule has 1 aliphatic rings. The molecular weight excluding hydrogens is 382 g/mol. The average Bonchev–Trinajstić information content (AvgIpc) is 3.01. The number of hydrogen-bond donors (Lipinski definition) is 1. The van der Waals surface area contributed by atoms with E-state index in [1.807, 2.05) is 49.4 Å². The highest BCUT2D eigenvalue weighted by Crippen LogP contribution is 2.35. The van der Waals surface area contributed by atoms with Crippen molar-refractivity contribution in [3.8, 4) is 11.8 Å². The van der Waals surface area contributed by atoms with Gasteiger partial charge in [-0.25, -0.2) is 0 Å². The summed E-state index contributed by atoms with van der Waals surface area (Å²) in [4.78, 5) is 4.64. The average molecular weight is 408 g/mol. The molecule has 0 amide bonds. The van der Waals surface area contributed by atoms with E-state index in [1.165, 1.54) is 0 Å². The van der Waals surface area contributed by atoms with Gasteiger partial charge >= 0.3 is 0 Å². The second kappa shape index (κ2) is 9.73. The zero-order chi connectivity index (χ0) is 19.3. The zero-order valence-corrected chi connectivity index (χ0v) is 17.4. The highest BCUT2D eigenvalue weighted by atomic mass is 35.5. The van der Waals surface area contributed by atoms with Crippen molar-refractivity contribution in [1.29, 1.82) is 5.26 Å². The maximum Gasteiger partial charge on any atom is 0.127 e. The van der Waals surface area contributed by atoms with Crippen LogP contribution >= 0.6 is 12.4 Å². The van der Waals surface area contributed by atoms with Crippen LogP contribution in [0.15, 0.2) is 54.6 Å². The Kier molecular flexibility index (Phi) is 7.09. The summed E-state index contributed by atoms with van der Waals surface area (Å²) in [6.07, 6.45) is 3.33. The molecule has 2 atom stereocenters. The van der Waals surface area contributed by atoms with Gasteiger partial charge in [0.2, 0.25) is 0 Å². The minimum atomic E-state index is -0.0325. The molecule has 3 aromatic rings. The number of halogens is 1. The Hall–Kier alpha value is -2.61. The molecule has 2 unspecified atom stereocenters. The molecule has 0 saturated carbocycles. The Morgan fingerprint density at radius 3 is 2.66 bits per heavy atom. The van der Waals surface area contributed by atoms with E-state index in [1.54, 1.807) is 0 Å². The summed E-state index contributed by atoms with van der Waals surface area (Å²) in [5.74, 6) is 1.28. The number of fused-ring (bicyclic) bond motifs is 1. The fraction of sp³-hybridized carbons (Fsp3) is 0.333. The third-order valence-electron chi connectivity index (χ3n) is 5.48. The molecule has 0 aliphatic carbocycles. The standard InChI is InChI=1S/C24H25N3O.ClH/c1-17-4-7-19-10-11-22(15-23(19)27-17)28-24(20-3-2-13-26-14-12-20)21-8-5-18(16-25)6-9-21;/h4-11,15,20,24,26H,2-3,12-14H2,1H3;1H. The second-order valence-corrected chi connectivity index (χ2v) is 7.52. The van der Waals surface area contributed by atoms with E-state index < -0.39 is 0 Å². The summed E-state index contributed by atoms with van der Waals surface area (Å²) in [6.45, 7) is 4.08. The van der Waals surface area contributed by atoms with Crippen LogP contribution in [-0.4, -0.2) is 18.1 Å². The predicted molar refractivity (Wildman–Crippen MR) is 118 cm³/mol. The molecule has 0 radical (unpaired) electrons. The molecule has 1 N–H and O–H groups in total. The van der Waals surface area contributed by atoms with Crippen LogP contribution in [0.2, 0.25) is 0 Å². The summed E-state index contributed by atoms with van der Waals surface area (Å²) in [7, 11) is 0. The first-order valence-electron chi connectivity index (χ1n) is 9.98. The van der Waals surface area contributed by atoms with Gasteiger partial charge in [0.15, 0.2) is 0 Å². The van der Waals surface area contributed by atoms with Crippen molar-refractivity contribution in [2.75, 3.05) is 13.1 Å². The van der Waals surface area contributed by atoms with Crippen LogP contribution in [0.1, 0.15) is 42.2 Å². The maximum absolute atomic E-state index is 9.11. The van der Waals surface area contributed by atoms with Crippen molar-refractivity contribution in [2.24, 2.45) is 5.92 Å². The first-order chi connectivity index (χ1) is 13.7. The third-order valence-corrected chi connectivity index (χ3v) is 5.48. The maximum atomic E-state index is 9.11. The minimum absolute atomic E-state index is 0. The molecule has 150 valence electrons. The van der Waals surface area contributed by atoms with Crippen LogP contribution in [0, 0.1) is 24.2 Å². The molecule has 29 heavy (non-hydrogen) atoms. The minimum Gasteiger partial charge on any atom is -0.485 e. The lowest BCUT2D eigenvalue weighted by atomic mass is 9.89. The number of ether oxygens (including phenoxy) is 1. The van der Waals surface area contributed by atoms with Gasteiger partial charge in [-0.3, -0.25) is 4.98 Å². The van der Waals surface area contributed by atoms with Gasteiger partial charge in [0.25, 0.3) is 0 Å². The summed E-state index contributed by atoms with van der Waals surface area (Å²) >= 11 is 0. The van der Waals surface area contributed by atoms with Crippen LogP contribution in [0.3, 0.4) is 0 Å². The van der Waals surface area contributed by atoms with E-state index in [9.17, 15) is 0 Å². The van der Waals surface area contributed by atoms with E-state index in [2.05, 4.69) is 28.5 Å². The molecule has 1 fully saturated rings. The molecule has 0 bridgehead atoms. The number of benzene rings is 2. The Bertz CT molecular complexity index is 989. The fourth-order valence-electron chi connectivity index (χ4n) is 3.95. The highest BCUT2D eigenvalue weighted by molar-refractivity contribution is 5.85. The molecule has 2 aromatic carbocycles. The van der Waals surface area contributed by atoms with Gasteiger partial charge in [0, 0.05) is 23.1 Å². The van der Waals surface area contributed by atoms with E-state index in [-0.39, 0.29) is 18.5 Å². The normalized spacial score (nSPS) is 17.6. The Labute approximate surface area is 178 Å². The van der Waals surface area contributed by atoms with Crippen molar-refractivity contribution in [2.45, 2.75) is 32.3 Å². The van der Waals surface area contributed by atoms with Crippen molar-refractivity contribution in [3.63, 3.8) is 0 Å². The van der Waals surface area contributed by atoms with Gasteiger partial charge in [0.05, 0.1) is 17.1 Å². The van der Waals surface area contributed by atoms with Crippen molar-refractivity contribution in [1.82, 2.24) is 10.3 Å². The molecule has 4 nitrogen and oxygen atoms in total. The Morgan fingerprint density at radius 1 is 1.07 bits per heavy atom. The van der Waals surface area contributed by atoms with Crippen molar-refractivity contribution in [3.05, 3.63) is 71.4 Å². The van der Waals surface area contributed by atoms with Gasteiger partial charge in [-0.05, 0) is 75.2 Å². The van der Waals surface area contributed by atoms with Gasteiger partial charge in [0.1, 0.15) is 11.9 Å². The molecule has 1 aromatic heterocycles. The number of rotatable bonds is 4. The van der Waals surface area contributed by atoms with Crippen LogP contribution < -0.4 is 10.1 Å². The van der Waals surface area contributed by atoms with E-state index >= 15 is 0 Å². The number of hydrogen-bond acceptors (Lipinski definition) is 4. The summed E-state index contributed by atoms with van der Waals surface area (Å²) in [5.41, 5.74) is 3.76. The van der Waals surface area contributed by atoms with E-state index in [0.717, 1.165) is 60.3 Å². The first kappa shape index (κ1) is 21.1.